The summed E-state index contributed by atoms with van der Waals surface area (Å²) in [7, 11) is 0. The van der Waals surface area contributed by atoms with Gasteiger partial charge in [0, 0.05) is 13.1 Å². The molecular formula is C28H32N2O4. The predicted octanol–water partition coefficient (Wildman–Crippen LogP) is 4.53. The average molecular weight is 461 g/mol. The molecule has 1 heterocycles. The smallest absolute Gasteiger partial charge is 0.320 e. The molecule has 0 saturated heterocycles. The Kier molecular flexibility index (Phi) is 8.41. The van der Waals surface area contributed by atoms with Crippen LogP contribution >= 0.6 is 0 Å². The van der Waals surface area contributed by atoms with E-state index >= 15 is 0 Å². The van der Waals surface area contributed by atoms with Gasteiger partial charge in [0.05, 0.1) is 31.9 Å². The zero-order chi connectivity index (χ0) is 23.6. The van der Waals surface area contributed by atoms with Crippen molar-refractivity contribution in [2.24, 2.45) is 0 Å². The number of benzene rings is 3. The van der Waals surface area contributed by atoms with E-state index in [-0.39, 0.29) is 12.5 Å². The molecule has 3 aromatic carbocycles. The third-order valence-corrected chi connectivity index (χ3v) is 5.67. The van der Waals surface area contributed by atoms with Crippen LogP contribution in [0.4, 0.5) is 5.69 Å². The molecule has 0 saturated carbocycles. The summed E-state index contributed by atoms with van der Waals surface area (Å²) in [5.41, 5.74) is 3.36. The van der Waals surface area contributed by atoms with E-state index in [2.05, 4.69) is 40.1 Å². The highest BCUT2D eigenvalue weighted by Gasteiger charge is 2.17. The molecule has 0 N–H and O–H groups in total. The molecule has 178 valence electrons. The van der Waals surface area contributed by atoms with Crippen molar-refractivity contribution in [1.29, 1.82) is 0 Å². The van der Waals surface area contributed by atoms with E-state index in [1.807, 2.05) is 55.5 Å². The number of para-hydroxylation sites is 2. The summed E-state index contributed by atoms with van der Waals surface area (Å²) >= 11 is 0. The van der Waals surface area contributed by atoms with E-state index < -0.39 is 0 Å². The fraction of sp³-hybridized carbons (Fsp3) is 0.321. The lowest BCUT2D eigenvalue weighted by atomic mass is 10.1. The molecule has 0 radical (unpaired) electrons. The van der Waals surface area contributed by atoms with Gasteiger partial charge < -0.3 is 19.1 Å². The van der Waals surface area contributed by atoms with Crippen LogP contribution in [0, 0.1) is 0 Å². The average Bonchev–Trinajstić information content (AvgIpc) is 2.85. The number of ether oxygens (including phenoxy) is 3. The highest BCUT2D eigenvalue weighted by molar-refractivity contribution is 5.71. The standard InChI is InChI=1S/C28H32N2O4/c1-2-32-28(31)22-29(20-23-9-4-3-5-10-23)21-24-11-8-12-25(19-24)33-17-15-30-16-18-34-27-14-7-6-13-26(27)30/h3-14,19H,2,15-18,20-22H2,1H3. The Morgan fingerprint density at radius 2 is 1.74 bits per heavy atom. The monoisotopic (exact) mass is 460 g/mol. The molecule has 0 amide bonds. The highest BCUT2D eigenvalue weighted by atomic mass is 16.5. The summed E-state index contributed by atoms with van der Waals surface area (Å²) in [5.74, 6) is 1.54. The molecular weight excluding hydrogens is 428 g/mol. The second-order valence-electron chi connectivity index (χ2n) is 8.23. The first-order chi connectivity index (χ1) is 16.7. The lowest BCUT2D eigenvalue weighted by Gasteiger charge is -2.31. The molecule has 0 aromatic heterocycles. The number of carbonyl (C=O) groups excluding carboxylic acids is 1. The summed E-state index contributed by atoms with van der Waals surface area (Å²) < 4.78 is 17.0. The first-order valence-electron chi connectivity index (χ1n) is 11.8. The minimum atomic E-state index is -0.211. The van der Waals surface area contributed by atoms with Crippen molar-refractivity contribution in [3.63, 3.8) is 0 Å². The maximum atomic E-state index is 12.2. The number of fused-ring (bicyclic) bond motifs is 1. The van der Waals surface area contributed by atoms with Crippen molar-refractivity contribution in [1.82, 2.24) is 4.90 Å². The zero-order valence-electron chi connectivity index (χ0n) is 19.7. The van der Waals surface area contributed by atoms with Crippen LogP contribution in [0.3, 0.4) is 0 Å². The molecule has 4 rings (SSSR count). The van der Waals surface area contributed by atoms with Crippen LogP contribution in [-0.2, 0) is 22.6 Å². The number of hydrogen-bond donors (Lipinski definition) is 0. The molecule has 0 unspecified atom stereocenters. The van der Waals surface area contributed by atoms with Gasteiger partial charge in [0.2, 0.25) is 0 Å². The molecule has 3 aromatic rings. The van der Waals surface area contributed by atoms with Crippen molar-refractivity contribution in [3.05, 3.63) is 90.0 Å². The molecule has 1 aliphatic rings. The lowest BCUT2D eigenvalue weighted by molar-refractivity contribution is -0.144. The van der Waals surface area contributed by atoms with Crippen LogP contribution in [0.5, 0.6) is 11.5 Å². The molecule has 1 aliphatic heterocycles. The molecule has 6 heteroatoms. The normalized spacial score (nSPS) is 12.7. The van der Waals surface area contributed by atoms with Gasteiger partial charge in [-0.2, -0.15) is 0 Å². The summed E-state index contributed by atoms with van der Waals surface area (Å²) in [6, 6.07) is 26.4. The van der Waals surface area contributed by atoms with Crippen LogP contribution in [0.2, 0.25) is 0 Å². The van der Waals surface area contributed by atoms with Crippen LogP contribution < -0.4 is 14.4 Å². The van der Waals surface area contributed by atoms with Gasteiger partial charge in [-0.25, -0.2) is 0 Å². The number of carbonyl (C=O) groups is 1. The summed E-state index contributed by atoms with van der Waals surface area (Å²) in [4.78, 5) is 16.6. The number of esters is 1. The molecule has 34 heavy (non-hydrogen) atoms. The van der Waals surface area contributed by atoms with Crippen molar-refractivity contribution in [2.75, 3.05) is 44.4 Å². The fourth-order valence-electron chi connectivity index (χ4n) is 4.12. The van der Waals surface area contributed by atoms with Gasteiger partial charge in [0.15, 0.2) is 0 Å². The Hall–Kier alpha value is -3.51. The first-order valence-corrected chi connectivity index (χ1v) is 11.8. The third kappa shape index (κ3) is 6.75. The molecule has 0 atom stereocenters. The van der Waals surface area contributed by atoms with E-state index in [0.29, 0.717) is 32.9 Å². The maximum Gasteiger partial charge on any atom is 0.320 e. The van der Waals surface area contributed by atoms with Gasteiger partial charge in [0.1, 0.15) is 24.7 Å². The third-order valence-electron chi connectivity index (χ3n) is 5.67. The molecule has 0 fully saturated rings. The van der Waals surface area contributed by atoms with E-state index in [4.69, 9.17) is 14.2 Å². The van der Waals surface area contributed by atoms with Crippen LogP contribution in [0.1, 0.15) is 18.1 Å². The van der Waals surface area contributed by atoms with Crippen LogP contribution in [0.15, 0.2) is 78.9 Å². The van der Waals surface area contributed by atoms with Crippen molar-refractivity contribution in [2.45, 2.75) is 20.0 Å². The molecule has 0 bridgehead atoms. The Morgan fingerprint density at radius 1 is 0.971 bits per heavy atom. The summed E-state index contributed by atoms with van der Waals surface area (Å²) in [6.45, 7) is 6.65. The summed E-state index contributed by atoms with van der Waals surface area (Å²) in [6.07, 6.45) is 0. The maximum absolute atomic E-state index is 12.2. The zero-order valence-corrected chi connectivity index (χ0v) is 19.7. The van der Waals surface area contributed by atoms with Gasteiger partial charge in [-0.1, -0.05) is 54.6 Å². The Balaban J connectivity index is 1.36. The van der Waals surface area contributed by atoms with Crippen molar-refractivity contribution < 1.29 is 19.0 Å². The van der Waals surface area contributed by atoms with Gasteiger partial charge in [0.25, 0.3) is 0 Å². The van der Waals surface area contributed by atoms with Crippen LogP contribution in [-0.4, -0.2) is 50.3 Å². The number of nitrogens with zero attached hydrogens (tertiary/aromatic N) is 2. The van der Waals surface area contributed by atoms with Gasteiger partial charge in [-0.15, -0.1) is 0 Å². The van der Waals surface area contributed by atoms with E-state index in [0.717, 1.165) is 41.4 Å². The minimum absolute atomic E-state index is 0.211. The van der Waals surface area contributed by atoms with Crippen molar-refractivity contribution >= 4 is 11.7 Å². The number of anilines is 1. The van der Waals surface area contributed by atoms with E-state index in [1.54, 1.807) is 0 Å². The second kappa shape index (κ2) is 12.1. The number of rotatable bonds is 11. The van der Waals surface area contributed by atoms with E-state index in [1.165, 1.54) is 0 Å². The Morgan fingerprint density at radius 3 is 2.59 bits per heavy atom. The minimum Gasteiger partial charge on any atom is -0.492 e. The SMILES string of the molecule is CCOC(=O)CN(Cc1ccccc1)Cc1cccc(OCCN2CCOc3ccccc32)c1. The van der Waals surface area contributed by atoms with E-state index in [9.17, 15) is 4.79 Å². The van der Waals surface area contributed by atoms with Crippen molar-refractivity contribution in [3.8, 4) is 11.5 Å². The fourth-order valence-corrected chi connectivity index (χ4v) is 4.12. The van der Waals surface area contributed by atoms with Gasteiger partial charge in [-0.3, -0.25) is 9.69 Å². The predicted molar refractivity (Wildman–Crippen MR) is 133 cm³/mol. The van der Waals surface area contributed by atoms with Gasteiger partial charge >= 0.3 is 5.97 Å². The highest BCUT2D eigenvalue weighted by Crippen LogP contribution is 2.30. The topological polar surface area (TPSA) is 51.2 Å². The largest absolute Gasteiger partial charge is 0.492 e. The quantitative estimate of drug-likeness (QED) is 0.392. The van der Waals surface area contributed by atoms with Crippen LogP contribution in [0.25, 0.3) is 0 Å². The van der Waals surface area contributed by atoms with Gasteiger partial charge in [-0.05, 0) is 42.3 Å². The number of hydrogen-bond acceptors (Lipinski definition) is 6. The molecule has 0 spiro atoms. The second-order valence-corrected chi connectivity index (χ2v) is 8.23. The Labute approximate surface area is 201 Å². The molecule has 0 aliphatic carbocycles. The summed E-state index contributed by atoms with van der Waals surface area (Å²) in [5, 5.41) is 0. The Bertz CT molecular complexity index is 1060. The first kappa shape index (κ1) is 23.6. The molecule has 6 nitrogen and oxygen atoms in total. The lowest BCUT2D eigenvalue weighted by Crippen LogP contribution is -2.35.